The van der Waals surface area contributed by atoms with Gasteiger partial charge in [0.1, 0.15) is 0 Å². The fourth-order valence-corrected chi connectivity index (χ4v) is 1.64. The molecular weight excluding hydrogens is 246 g/mol. The minimum atomic E-state index is -0.503. The van der Waals surface area contributed by atoms with Gasteiger partial charge in [0.15, 0.2) is 5.69 Å². The average Bonchev–Trinajstić information content (AvgIpc) is 2.73. The summed E-state index contributed by atoms with van der Waals surface area (Å²) >= 11 is 5.78. The Morgan fingerprint density at radius 1 is 1.53 bits per heavy atom. The van der Waals surface area contributed by atoms with E-state index in [1.54, 1.807) is 11.6 Å². The molecule has 0 atom stereocenters. The van der Waals surface area contributed by atoms with Crippen molar-refractivity contribution in [2.45, 2.75) is 32.2 Å². The number of aryl methyl sites for hydroxylation is 1. The second-order valence-corrected chi connectivity index (χ2v) is 3.66. The number of ether oxygens (including phenoxy) is 1. The number of carbonyl (C=O) groups excluding carboxylic acids is 1. The molecule has 0 aliphatic heterocycles. The molecule has 1 aromatic rings. The summed E-state index contributed by atoms with van der Waals surface area (Å²) in [5.74, 6) is -0.350. The fourth-order valence-electron chi connectivity index (χ4n) is 1.38. The van der Waals surface area contributed by atoms with Gasteiger partial charge in [-0.25, -0.2) is 9.48 Å². The Balaban J connectivity index is 2.76. The van der Waals surface area contributed by atoms with Gasteiger partial charge < -0.3 is 9.84 Å². The summed E-state index contributed by atoms with van der Waals surface area (Å²) < 4.78 is 6.43. The molecule has 1 N–H and O–H groups in total. The van der Waals surface area contributed by atoms with Gasteiger partial charge in [-0.05, 0) is 19.8 Å². The van der Waals surface area contributed by atoms with Crippen LogP contribution in [-0.2, 0) is 17.2 Å². The third kappa shape index (κ3) is 3.67. The van der Waals surface area contributed by atoms with Gasteiger partial charge in [-0.15, -0.1) is 16.7 Å². The second-order valence-electron chi connectivity index (χ2n) is 3.39. The lowest BCUT2D eigenvalue weighted by molar-refractivity contribution is 0.0518. The smallest absolute Gasteiger partial charge is 0.360 e. The van der Waals surface area contributed by atoms with Crippen molar-refractivity contribution in [3.63, 3.8) is 0 Å². The van der Waals surface area contributed by atoms with E-state index in [4.69, 9.17) is 21.4 Å². The van der Waals surface area contributed by atoms with E-state index >= 15 is 0 Å². The average molecular weight is 262 g/mol. The van der Waals surface area contributed by atoms with Gasteiger partial charge in [0.05, 0.1) is 18.2 Å². The van der Waals surface area contributed by atoms with E-state index in [0.717, 1.165) is 6.42 Å². The molecule has 0 unspecified atom stereocenters. The predicted octanol–water partition coefficient (Wildman–Crippen LogP) is 0.966. The first kappa shape index (κ1) is 13.9. The number of esters is 1. The number of rotatable bonds is 7. The molecule has 0 radical (unpaired) electrons. The molecule has 6 nitrogen and oxygen atoms in total. The van der Waals surface area contributed by atoms with Crippen molar-refractivity contribution >= 4 is 17.6 Å². The first-order chi connectivity index (χ1) is 8.24. The molecule has 7 heteroatoms. The van der Waals surface area contributed by atoms with Gasteiger partial charge in [0.25, 0.3) is 0 Å². The zero-order chi connectivity index (χ0) is 12.7. The normalized spacial score (nSPS) is 10.5. The number of aromatic nitrogens is 3. The van der Waals surface area contributed by atoms with Crippen LogP contribution in [0.3, 0.4) is 0 Å². The van der Waals surface area contributed by atoms with E-state index in [2.05, 4.69) is 10.3 Å². The van der Waals surface area contributed by atoms with Crippen molar-refractivity contribution in [1.29, 1.82) is 0 Å². The minimum absolute atomic E-state index is 0.135. The Kier molecular flexibility index (Phi) is 5.93. The highest BCUT2D eigenvalue weighted by Crippen LogP contribution is 2.11. The van der Waals surface area contributed by atoms with Crippen molar-refractivity contribution in [2.75, 3.05) is 13.2 Å². The topological polar surface area (TPSA) is 77.2 Å². The number of hydrogen-bond acceptors (Lipinski definition) is 5. The molecule has 0 saturated heterocycles. The van der Waals surface area contributed by atoms with Gasteiger partial charge >= 0.3 is 5.97 Å². The molecule has 17 heavy (non-hydrogen) atoms. The van der Waals surface area contributed by atoms with Gasteiger partial charge in [0, 0.05) is 13.2 Å². The number of halogens is 1. The van der Waals surface area contributed by atoms with Crippen molar-refractivity contribution in [3.05, 3.63) is 11.4 Å². The van der Waals surface area contributed by atoms with Gasteiger partial charge in [-0.2, -0.15) is 0 Å². The molecule has 0 aromatic carbocycles. The van der Waals surface area contributed by atoms with Crippen molar-refractivity contribution in [2.24, 2.45) is 0 Å². The Labute approximate surface area is 105 Å². The van der Waals surface area contributed by atoms with Crippen molar-refractivity contribution in [1.82, 2.24) is 15.0 Å². The van der Waals surface area contributed by atoms with Crippen LogP contribution in [-0.4, -0.2) is 39.3 Å². The quantitative estimate of drug-likeness (QED) is 0.450. The van der Waals surface area contributed by atoms with E-state index in [1.807, 2.05) is 0 Å². The molecule has 0 saturated carbocycles. The van der Waals surface area contributed by atoms with Crippen LogP contribution >= 0.6 is 11.6 Å². The number of aliphatic hydroxyl groups excluding tert-OH is 1. The third-order valence-electron chi connectivity index (χ3n) is 2.21. The standard InChI is InChI=1S/C10H16ClN3O3/c1-2-17-10(16)9-8(7-11)14(13-12-9)5-3-4-6-15/h15H,2-7H2,1H3. The first-order valence-electron chi connectivity index (χ1n) is 5.50. The van der Waals surface area contributed by atoms with E-state index < -0.39 is 5.97 Å². The van der Waals surface area contributed by atoms with Crippen molar-refractivity contribution in [3.8, 4) is 0 Å². The Morgan fingerprint density at radius 3 is 2.88 bits per heavy atom. The summed E-state index contributed by atoms with van der Waals surface area (Å²) in [5, 5.41) is 16.3. The summed E-state index contributed by atoms with van der Waals surface area (Å²) in [5.41, 5.74) is 0.730. The summed E-state index contributed by atoms with van der Waals surface area (Å²) in [4.78, 5) is 11.5. The lowest BCUT2D eigenvalue weighted by Gasteiger charge is -2.04. The van der Waals surface area contributed by atoms with Gasteiger partial charge in [0.2, 0.25) is 0 Å². The molecule has 1 aromatic heterocycles. The maximum absolute atomic E-state index is 11.5. The molecule has 0 aliphatic carbocycles. The number of carbonyl (C=O) groups is 1. The molecule has 0 bridgehead atoms. The van der Waals surface area contributed by atoms with Crippen LogP contribution in [0.1, 0.15) is 35.9 Å². The number of hydrogen-bond donors (Lipinski definition) is 1. The molecule has 0 amide bonds. The Hall–Kier alpha value is -1.14. The van der Waals surface area contributed by atoms with E-state index in [-0.39, 0.29) is 24.8 Å². The van der Waals surface area contributed by atoms with E-state index in [1.165, 1.54) is 0 Å². The van der Waals surface area contributed by atoms with E-state index in [9.17, 15) is 4.79 Å². The molecule has 96 valence electrons. The fraction of sp³-hybridized carbons (Fsp3) is 0.700. The summed E-state index contributed by atoms with van der Waals surface area (Å²) in [6.07, 6.45) is 1.43. The highest BCUT2D eigenvalue weighted by molar-refractivity contribution is 6.17. The van der Waals surface area contributed by atoms with Gasteiger partial charge in [-0.1, -0.05) is 5.21 Å². The maximum atomic E-state index is 11.5. The second kappa shape index (κ2) is 7.24. The zero-order valence-corrected chi connectivity index (χ0v) is 10.5. The summed E-state index contributed by atoms with van der Waals surface area (Å²) in [6.45, 7) is 2.73. The minimum Gasteiger partial charge on any atom is -0.461 e. The van der Waals surface area contributed by atoms with Crippen molar-refractivity contribution < 1.29 is 14.6 Å². The summed E-state index contributed by atoms with van der Waals surface area (Å²) in [6, 6.07) is 0. The number of aliphatic hydroxyl groups is 1. The zero-order valence-electron chi connectivity index (χ0n) is 9.73. The Morgan fingerprint density at radius 2 is 2.29 bits per heavy atom. The molecular formula is C10H16ClN3O3. The highest BCUT2D eigenvalue weighted by atomic mass is 35.5. The Bertz CT molecular complexity index is 368. The molecule has 0 aliphatic rings. The number of alkyl halides is 1. The maximum Gasteiger partial charge on any atom is 0.360 e. The largest absolute Gasteiger partial charge is 0.461 e. The molecule has 1 heterocycles. The first-order valence-corrected chi connectivity index (χ1v) is 6.04. The number of nitrogens with zero attached hydrogens (tertiary/aromatic N) is 3. The van der Waals surface area contributed by atoms with Crippen LogP contribution in [0.5, 0.6) is 0 Å². The van der Waals surface area contributed by atoms with Gasteiger partial charge in [-0.3, -0.25) is 0 Å². The monoisotopic (exact) mass is 261 g/mol. The van der Waals surface area contributed by atoms with Crippen LogP contribution in [0.2, 0.25) is 0 Å². The van der Waals surface area contributed by atoms with Crippen LogP contribution < -0.4 is 0 Å². The summed E-state index contributed by atoms with van der Waals surface area (Å²) in [7, 11) is 0. The third-order valence-corrected chi connectivity index (χ3v) is 2.46. The molecule has 0 fully saturated rings. The van der Waals surface area contributed by atoms with E-state index in [0.29, 0.717) is 18.7 Å². The lowest BCUT2D eigenvalue weighted by atomic mass is 10.3. The molecule has 0 spiro atoms. The predicted molar refractivity (Wildman–Crippen MR) is 61.9 cm³/mol. The lowest BCUT2D eigenvalue weighted by Crippen LogP contribution is -2.10. The van der Waals surface area contributed by atoms with Crippen LogP contribution in [0.25, 0.3) is 0 Å². The van der Waals surface area contributed by atoms with Crippen LogP contribution in [0.4, 0.5) is 0 Å². The van der Waals surface area contributed by atoms with Crippen LogP contribution in [0.15, 0.2) is 0 Å². The molecule has 1 rings (SSSR count). The van der Waals surface area contributed by atoms with Crippen LogP contribution in [0, 0.1) is 0 Å². The number of unbranched alkanes of at least 4 members (excludes halogenated alkanes) is 1. The SMILES string of the molecule is CCOC(=O)c1nnn(CCCCO)c1CCl. The highest BCUT2D eigenvalue weighted by Gasteiger charge is 2.19.